The molecule has 0 aliphatic carbocycles. The first-order chi connectivity index (χ1) is 10.8. The van der Waals surface area contributed by atoms with Crippen molar-refractivity contribution < 1.29 is 9.32 Å². The maximum absolute atomic E-state index is 11.5. The normalized spacial score (nSPS) is 18.2. The lowest BCUT2D eigenvalue weighted by molar-refractivity contribution is -0.121. The minimum absolute atomic E-state index is 0.0879. The lowest BCUT2D eigenvalue weighted by atomic mass is 10.1. The molecule has 22 heavy (non-hydrogen) atoms. The van der Waals surface area contributed by atoms with Gasteiger partial charge in [0.1, 0.15) is 0 Å². The van der Waals surface area contributed by atoms with Gasteiger partial charge in [0.2, 0.25) is 5.91 Å². The molecular weight excluding hydrogens is 280 g/mol. The number of piperidine rings is 1. The lowest BCUT2D eigenvalue weighted by Gasteiger charge is -2.32. The van der Waals surface area contributed by atoms with Gasteiger partial charge < -0.3 is 14.7 Å². The highest BCUT2D eigenvalue weighted by atomic mass is 16.5. The monoisotopic (exact) mass is 300 g/mol. The van der Waals surface area contributed by atoms with Gasteiger partial charge in [-0.1, -0.05) is 25.1 Å². The van der Waals surface area contributed by atoms with E-state index >= 15 is 0 Å². The Morgan fingerprint density at radius 2 is 2.23 bits per heavy atom. The van der Waals surface area contributed by atoms with Crippen molar-refractivity contribution in [2.45, 2.75) is 32.2 Å². The van der Waals surface area contributed by atoms with Gasteiger partial charge in [-0.25, -0.2) is 0 Å². The SMILES string of the molecule is CCC(=O)NC1CCCN(c2noc(-c3ccccc3)n2)C1. The summed E-state index contributed by atoms with van der Waals surface area (Å²) in [6, 6.07) is 9.87. The number of hydrogen-bond donors (Lipinski definition) is 1. The topological polar surface area (TPSA) is 71.3 Å². The zero-order valence-corrected chi connectivity index (χ0v) is 12.7. The minimum atomic E-state index is 0.0879. The summed E-state index contributed by atoms with van der Waals surface area (Å²) in [5.41, 5.74) is 0.911. The fraction of sp³-hybridized carbons (Fsp3) is 0.438. The molecule has 1 amide bonds. The molecule has 1 fully saturated rings. The van der Waals surface area contributed by atoms with Crippen LogP contribution >= 0.6 is 0 Å². The Morgan fingerprint density at radius 3 is 3.00 bits per heavy atom. The summed E-state index contributed by atoms with van der Waals surface area (Å²) < 4.78 is 5.35. The van der Waals surface area contributed by atoms with E-state index in [-0.39, 0.29) is 11.9 Å². The molecule has 2 aromatic rings. The van der Waals surface area contributed by atoms with E-state index in [1.807, 2.05) is 37.3 Å². The van der Waals surface area contributed by atoms with Crippen LogP contribution in [0.3, 0.4) is 0 Å². The van der Waals surface area contributed by atoms with Crippen LogP contribution in [0.2, 0.25) is 0 Å². The summed E-state index contributed by atoms with van der Waals surface area (Å²) in [5.74, 6) is 1.20. The third-order valence-electron chi connectivity index (χ3n) is 3.83. The Bertz CT molecular complexity index is 626. The van der Waals surface area contributed by atoms with E-state index in [0.717, 1.165) is 31.5 Å². The first-order valence-electron chi connectivity index (χ1n) is 7.69. The number of carbonyl (C=O) groups is 1. The second-order valence-electron chi connectivity index (χ2n) is 5.47. The van der Waals surface area contributed by atoms with Crippen LogP contribution < -0.4 is 10.2 Å². The second kappa shape index (κ2) is 6.60. The molecule has 0 saturated carbocycles. The fourth-order valence-corrected chi connectivity index (χ4v) is 2.65. The summed E-state index contributed by atoms with van der Waals surface area (Å²) in [4.78, 5) is 18.1. The molecule has 116 valence electrons. The zero-order valence-electron chi connectivity index (χ0n) is 12.7. The third-order valence-corrected chi connectivity index (χ3v) is 3.83. The first-order valence-corrected chi connectivity index (χ1v) is 7.69. The van der Waals surface area contributed by atoms with Crippen LogP contribution in [0.1, 0.15) is 26.2 Å². The fourth-order valence-electron chi connectivity index (χ4n) is 2.65. The van der Waals surface area contributed by atoms with Crippen molar-refractivity contribution in [3.63, 3.8) is 0 Å². The molecule has 0 bridgehead atoms. The van der Waals surface area contributed by atoms with Gasteiger partial charge in [-0.2, -0.15) is 4.98 Å². The van der Waals surface area contributed by atoms with Crippen molar-refractivity contribution in [2.75, 3.05) is 18.0 Å². The number of hydrogen-bond acceptors (Lipinski definition) is 5. The maximum Gasteiger partial charge on any atom is 0.266 e. The van der Waals surface area contributed by atoms with Gasteiger partial charge in [-0.15, -0.1) is 0 Å². The van der Waals surface area contributed by atoms with Gasteiger partial charge >= 0.3 is 0 Å². The van der Waals surface area contributed by atoms with Gasteiger partial charge in [0, 0.05) is 31.1 Å². The van der Waals surface area contributed by atoms with E-state index in [1.54, 1.807) is 0 Å². The van der Waals surface area contributed by atoms with Gasteiger partial charge in [-0.3, -0.25) is 4.79 Å². The summed E-state index contributed by atoms with van der Waals surface area (Å²) in [6.45, 7) is 3.47. The number of rotatable bonds is 4. The lowest BCUT2D eigenvalue weighted by Crippen LogP contribution is -2.48. The number of anilines is 1. The standard InChI is InChI=1S/C16H20N4O2/c1-2-14(21)17-13-9-6-10-20(11-13)16-18-15(22-19-16)12-7-4-3-5-8-12/h3-5,7-8,13H,2,6,9-11H2,1H3,(H,17,21). The predicted octanol–water partition coefficient (Wildman–Crippen LogP) is 2.23. The highest BCUT2D eigenvalue weighted by molar-refractivity contribution is 5.75. The summed E-state index contributed by atoms with van der Waals surface area (Å²) in [5, 5.41) is 7.12. The molecule has 0 radical (unpaired) electrons. The molecule has 1 unspecified atom stereocenters. The quantitative estimate of drug-likeness (QED) is 0.937. The highest BCUT2D eigenvalue weighted by Gasteiger charge is 2.24. The largest absolute Gasteiger partial charge is 0.352 e. The third kappa shape index (κ3) is 3.27. The van der Waals surface area contributed by atoms with Crippen molar-refractivity contribution in [3.8, 4) is 11.5 Å². The molecule has 2 heterocycles. The smallest absolute Gasteiger partial charge is 0.266 e. The molecule has 1 aliphatic rings. The average Bonchev–Trinajstić information content (AvgIpc) is 3.06. The molecule has 1 N–H and O–H groups in total. The number of aromatic nitrogens is 2. The van der Waals surface area contributed by atoms with Crippen LogP contribution in [-0.2, 0) is 4.79 Å². The molecule has 1 aromatic heterocycles. The zero-order chi connectivity index (χ0) is 15.4. The van der Waals surface area contributed by atoms with E-state index in [1.165, 1.54) is 0 Å². The molecule has 6 heteroatoms. The van der Waals surface area contributed by atoms with Gasteiger partial charge in [0.05, 0.1) is 0 Å². The average molecular weight is 300 g/mol. The highest BCUT2D eigenvalue weighted by Crippen LogP contribution is 2.22. The van der Waals surface area contributed by atoms with E-state index in [4.69, 9.17) is 4.52 Å². The van der Waals surface area contributed by atoms with Crippen LogP contribution in [0.25, 0.3) is 11.5 Å². The molecule has 1 atom stereocenters. The van der Waals surface area contributed by atoms with Gasteiger partial charge in [0.25, 0.3) is 11.8 Å². The van der Waals surface area contributed by atoms with Gasteiger partial charge in [0.15, 0.2) is 0 Å². The van der Waals surface area contributed by atoms with Crippen LogP contribution in [0.4, 0.5) is 5.95 Å². The van der Waals surface area contributed by atoms with Crippen LogP contribution in [-0.4, -0.2) is 35.2 Å². The summed E-state index contributed by atoms with van der Waals surface area (Å²) in [6.07, 6.45) is 2.51. The van der Waals surface area contributed by atoms with Crippen LogP contribution in [0.5, 0.6) is 0 Å². The Labute approximate surface area is 129 Å². The number of amides is 1. The number of benzene rings is 1. The van der Waals surface area contributed by atoms with E-state index < -0.39 is 0 Å². The molecule has 1 aromatic carbocycles. The number of nitrogens with one attached hydrogen (secondary N) is 1. The second-order valence-corrected chi connectivity index (χ2v) is 5.47. The first kappa shape index (κ1) is 14.6. The van der Waals surface area contributed by atoms with E-state index in [2.05, 4.69) is 20.4 Å². The van der Waals surface area contributed by atoms with E-state index in [0.29, 0.717) is 18.3 Å². The van der Waals surface area contributed by atoms with Gasteiger partial charge in [-0.05, 0) is 30.1 Å². The Hall–Kier alpha value is -2.37. The minimum Gasteiger partial charge on any atom is -0.352 e. The number of nitrogens with zero attached hydrogens (tertiary/aromatic N) is 3. The van der Waals surface area contributed by atoms with Crippen molar-refractivity contribution in [1.82, 2.24) is 15.5 Å². The molecule has 0 spiro atoms. The van der Waals surface area contributed by atoms with Crippen LogP contribution in [0.15, 0.2) is 34.9 Å². The van der Waals surface area contributed by atoms with Crippen molar-refractivity contribution in [2.24, 2.45) is 0 Å². The molecule has 6 nitrogen and oxygen atoms in total. The van der Waals surface area contributed by atoms with E-state index in [9.17, 15) is 4.79 Å². The van der Waals surface area contributed by atoms with Crippen molar-refractivity contribution in [1.29, 1.82) is 0 Å². The summed E-state index contributed by atoms with van der Waals surface area (Å²) in [7, 11) is 0. The van der Waals surface area contributed by atoms with Crippen molar-refractivity contribution in [3.05, 3.63) is 30.3 Å². The Kier molecular flexibility index (Phi) is 4.37. The summed E-state index contributed by atoms with van der Waals surface area (Å²) >= 11 is 0. The Morgan fingerprint density at radius 1 is 1.41 bits per heavy atom. The van der Waals surface area contributed by atoms with Crippen molar-refractivity contribution >= 4 is 11.9 Å². The molecular formula is C16H20N4O2. The Balaban J connectivity index is 1.69. The maximum atomic E-state index is 11.5. The van der Waals surface area contributed by atoms with Crippen LogP contribution in [0, 0.1) is 0 Å². The number of carbonyl (C=O) groups excluding carboxylic acids is 1. The molecule has 3 rings (SSSR count). The molecule has 1 saturated heterocycles. The molecule has 1 aliphatic heterocycles. The predicted molar refractivity (Wildman–Crippen MR) is 83.4 cm³/mol.